The van der Waals surface area contributed by atoms with E-state index in [0.29, 0.717) is 0 Å². The number of fused-ring (bicyclic) bond motifs is 11. The highest BCUT2D eigenvalue weighted by Crippen LogP contribution is 2.48. The molecule has 0 fully saturated rings. The fourth-order valence-electron chi connectivity index (χ4n) is 6.57. The standard InChI is InChI=1S/C36H23N3S/c1-2-12-22(13-3-1)33-25-16-6-9-19-28(25)37-36(38-33)39-29-20-10-7-17-26(29)31-32-27-18-8-11-21-30(27)40-35(32)24-15-5-4-14-23(24)34(31)39/h1-3,5-13,15-21H,4,14H2. The van der Waals surface area contributed by atoms with Gasteiger partial charge in [-0.3, -0.25) is 4.57 Å². The first-order valence-electron chi connectivity index (χ1n) is 13.8. The molecule has 0 bridgehead atoms. The molecule has 0 saturated carbocycles. The second kappa shape index (κ2) is 8.35. The third-order valence-corrected chi connectivity index (χ3v) is 9.46. The number of benzene rings is 5. The van der Waals surface area contributed by atoms with Crippen LogP contribution in [0.15, 0.2) is 109 Å². The van der Waals surface area contributed by atoms with Crippen molar-refractivity contribution in [3.05, 3.63) is 120 Å². The molecule has 8 aromatic rings. The van der Waals surface area contributed by atoms with E-state index >= 15 is 0 Å². The van der Waals surface area contributed by atoms with E-state index in [0.717, 1.165) is 46.5 Å². The van der Waals surface area contributed by atoms with Gasteiger partial charge in [-0.1, -0.05) is 97.1 Å². The zero-order valence-electron chi connectivity index (χ0n) is 21.6. The minimum atomic E-state index is 0.722. The Balaban J connectivity index is 1.52. The van der Waals surface area contributed by atoms with Gasteiger partial charge in [-0.05, 0) is 42.2 Å². The number of thiophene rings is 1. The van der Waals surface area contributed by atoms with Crippen LogP contribution in [0.25, 0.3) is 76.2 Å². The minimum Gasteiger partial charge on any atom is -0.278 e. The molecular formula is C36H23N3S. The Morgan fingerprint density at radius 1 is 0.675 bits per heavy atom. The molecular weight excluding hydrogens is 506 g/mol. The Morgan fingerprint density at radius 2 is 1.43 bits per heavy atom. The maximum atomic E-state index is 5.33. The Labute approximate surface area is 234 Å². The molecule has 4 heteroatoms. The van der Waals surface area contributed by atoms with Crippen LogP contribution < -0.4 is 0 Å². The van der Waals surface area contributed by atoms with Crippen molar-refractivity contribution < 1.29 is 0 Å². The van der Waals surface area contributed by atoms with Crippen LogP contribution in [0.4, 0.5) is 0 Å². The fourth-order valence-corrected chi connectivity index (χ4v) is 7.83. The molecule has 1 aliphatic carbocycles. The molecule has 0 radical (unpaired) electrons. The maximum Gasteiger partial charge on any atom is 0.235 e. The number of allylic oxidation sites excluding steroid dienone is 1. The first kappa shape index (κ1) is 22.1. The highest BCUT2D eigenvalue weighted by Gasteiger charge is 2.26. The third kappa shape index (κ3) is 3.00. The summed E-state index contributed by atoms with van der Waals surface area (Å²) in [6, 6.07) is 36.5. The van der Waals surface area contributed by atoms with Crippen LogP contribution >= 0.6 is 11.3 Å². The molecule has 3 heterocycles. The molecule has 0 aliphatic heterocycles. The summed E-state index contributed by atoms with van der Waals surface area (Å²) < 4.78 is 5.05. The normalized spacial score (nSPS) is 13.2. The molecule has 0 spiro atoms. The van der Waals surface area contributed by atoms with E-state index in [1.54, 1.807) is 0 Å². The van der Waals surface area contributed by atoms with Gasteiger partial charge in [-0.15, -0.1) is 11.3 Å². The summed E-state index contributed by atoms with van der Waals surface area (Å²) in [5.74, 6) is 0.722. The summed E-state index contributed by atoms with van der Waals surface area (Å²) in [5, 5.41) is 6.30. The van der Waals surface area contributed by atoms with Crippen molar-refractivity contribution >= 4 is 70.3 Å². The Kier molecular flexibility index (Phi) is 4.60. The average molecular weight is 530 g/mol. The molecule has 3 aromatic heterocycles. The van der Waals surface area contributed by atoms with Crippen molar-refractivity contribution in [3.8, 4) is 17.2 Å². The molecule has 0 amide bonds. The fraction of sp³-hybridized carbons (Fsp3) is 0.0556. The van der Waals surface area contributed by atoms with E-state index in [9.17, 15) is 0 Å². The topological polar surface area (TPSA) is 30.7 Å². The zero-order valence-corrected chi connectivity index (χ0v) is 22.5. The summed E-state index contributed by atoms with van der Waals surface area (Å²) in [7, 11) is 0. The summed E-state index contributed by atoms with van der Waals surface area (Å²) in [4.78, 5) is 10.5. The molecule has 40 heavy (non-hydrogen) atoms. The van der Waals surface area contributed by atoms with Crippen molar-refractivity contribution in [3.63, 3.8) is 0 Å². The van der Waals surface area contributed by atoms with E-state index in [1.165, 1.54) is 47.6 Å². The molecule has 0 saturated heterocycles. The van der Waals surface area contributed by atoms with Gasteiger partial charge in [0.25, 0.3) is 0 Å². The highest BCUT2D eigenvalue weighted by molar-refractivity contribution is 7.26. The van der Waals surface area contributed by atoms with Crippen LogP contribution in [0.3, 0.4) is 0 Å². The van der Waals surface area contributed by atoms with E-state index < -0.39 is 0 Å². The van der Waals surface area contributed by atoms with Gasteiger partial charge in [-0.2, -0.15) is 0 Å². The van der Waals surface area contributed by atoms with Crippen LogP contribution in [0, 0.1) is 0 Å². The molecule has 0 N–H and O–H groups in total. The molecule has 1 aliphatic rings. The molecule has 9 rings (SSSR count). The van der Waals surface area contributed by atoms with Crippen LogP contribution in [0.5, 0.6) is 0 Å². The number of rotatable bonds is 2. The first-order chi connectivity index (χ1) is 19.9. The SMILES string of the molecule is C1=Cc2c(c3c(c4ccccc4n3-c3nc(-c4ccccc4)c4ccccc4n3)c3c2sc2ccccc23)CC1. The second-order valence-corrected chi connectivity index (χ2v) is 11.5. The van der Waals surface area contributed by atoms with Crippen molar-refractivity contribution in [2.45, 2.75) is 12.8 Å². The van der Waals surface area contributed by atoms with Gasteiger partial charge in [0, 0.05) is 41.9 Å². The second-order valence-electron chi connectivity index (χ2n) is 10.5. The van der Waals surface area contributed by atoms with Crippen molar-refractivity contribution in [2.24, 2.45) is 0 Å². The highest BCUT2D eigenvalue weighted by atomic mass is 32.1. The van der Waals surface area contributed by atoms with Crippen LogP contribution in [-0.2, 0) is 6.42 Å². The molecule has 3 nitrogen and oxygen atoms in total. The molecule has 5 aromatic carbocycles. The molecule has 0 unspecified atom stereocenters. The molecule has 188 valence electrons. The minimum absolute atomic E-state index is 0.722. The van der Waals surface area contributed by atoms with Gasteiger partial charge in [0.05, 0.1) is 22.2 Å². The predicted octanol–water partition coefficient (Wildman–Crippen LogP) is 9.72. The van der Waals surface area contributed by atoms with Gasteiger partial charge in [0.15, 0.2) is 0 Å². The van der Waals surface area contributed by atoms with E-state index in [2.05, 4.69) is 120 Å². The lowest BCUT2D eigenvalue weighted by molar-refractivity contribution is 0.966. The maximum absolute atomic E-state index is 5.33. The number of hydrogen-bond donors (Lipinski definition) is 0. The van der Waals surface area contributed by atoms with Gasteiger partial charge in [0.2, 0.25) is 5.95 Å². The predicted molar refractivity (Wildman–Crippen MR) is 170 cm³/mol. The van der Waals surface area contributed by atoms with Crippen molar-refractivity contribution in [2.75, 3.05) is 0 Å². The summed E-state index contributed by atoms with van der Waals surface area (Å²) >= 11 is 1.91. The number of hydrogen-bond acceptors (Lipinski definition) is 3. The number of nitrogens with zero attached hydrogens (tertiary/aromatic N) is 3. The van der Waals surface area contributed by atoms with Gasteiger partial charge in [-0.25, -0.2) is 9.97 Å². The van der Waals surface area contributed by atoms with Crippen LogP contribution in [0.1, 0.15) is 17.5 Å². The van der Waals surface area contributed by atoms with Gasteiger partial charge >= 0.3 is 0 Å². The number of aromatic nitrogens is 3. The largest absolute Gasteiger partial charge is 0.278 e. The van der Waals surface area contributed by atoms with Crippen molar-refractivity contribution in [1.82, 2.24) is 14.5 Å². The Hall–Kier alpha value is -4.80. The van der Waals surface area contributed by atoms with Crippen molar-refractivity contribution in [1.29, 1.82) is 0 Å². The Bertz CT molecular complexity index is 2320. The Morgan fingerprint density at radius 3 is 2.33 bits per heavy atom. The smallest absolute Gasteiger partial charge is 0.235 e. The molecule has 0 atom stereocenters. The van der Waals surface area contributed by atoms with E-state index in [1.807, 2.05) is 11.3 Å². The average Bonchev–Trinajstić information content (AvgIpc) is 3.58. The summed E-state index contributed by atoms with van der Waals surface area (Å²) in [6.07, 6.45) is 6.70. The zero-order chi connectivity index (χ0) is 26.2. The summed E-state index contributed by atoms with van der Waals surface area (Å²) in [5.41, 5.74) is 8.14. The number of para-hydroxylation sites is 2. The first-order valence-corrected chi connectivity index (χ1v) is 14.6. The monoisotopic (exact) mass is 529 g/mol. The number of aryl methyl sites for hydroxylation is 1. The van der Waals surface area contributed by atoms with Gasteiger partial charge in [0.1, 0.15) is 0 Å². The lowest BCUT2D eigenvalue weighted by atomic mass is 9.91. The van der Waals surface area contributed by atoms with Crippen LogP contribution in [-0.4, -0.2) is 14.5 Å². The van der Waals surface area contributed by atoms with E-state index in [4.69, 9.17) is 9.97 Å². The quantitative estimate of drug-likeness (QED) is 0.223. The van der Waals surface area contributed by atoms with E-state index in [-0.39, 0.29) is 0 Å². The summed E-state index contributed by atoms with van der Waals surface area (Å²) in [6.45, 7) is 0. The lowest BCUT2D eigenvalue weighted by Gasteiger charge is -2.17. The lowest BCUT2D eigenvalue weighted by Crippen LogP contribution is -2.06. The van der Waals surface area contributed by atoms with Gasteiger partial charge < -0.3 is 0 Å². The van der Waals surface area contributed by atoms with Crippen LogP contribution in [0.2, 0.25) is 0 Å². The third-order valence-electron chi connectivity index (χ3n) is 8.26.